The molecule has 2 N–H and O–H groups in total. The van der Waals surface area contributed by atoms with Gasteiger partial charge in [0.1, 0.15) is 0 Å². The van der Waals surface area contributed by atoms with E-state index in [1.165, 1.54) is 19.3 Å². The maximum atomic E-state index is 12.6. The zero-order valence-electron chi connectivity index (χ0n) is 17.7. The normalized spacial score (nSPS) is 15.3. The van der Waals surface area contributed by atoms with Gasteiger partial charge in [0.15, 0.2) is 5.65 Å². The van der Waals surface area contributed by atoms with Gasteiger partial charge >= 0.3 is 6.09 Å². The lowest BCUT2D eigenvalue weighted by molar-refractivity contribution is 0.0399. The summed E-state index contributed by atoms with van der Waals surface area (Å²) < 4.78 is 1.57. The number of nitrogens with zero attached hydrogens (tertiary/aromatic N) is 5. The first-order chi connectivity index (χ1) is 14.9. The molecule has 2 aromatic heterocycles. The first-order valence-corrected chi connectivity index (χ1v) is 10.3. The minimum absolute atomic E-state index is 0.0139. The van der Waals surface area contributed by atoms with Gasteiger partial charge < -0.3 is 14.9 Å². The first kappa shape index (κ1) is 20.8. The highest BCUT2D eigenvalue weighted by Crippen LogP contribution is 2.23. The van der Waals surface area contributed by atoms with Crippen LogP contribution in [0.15, 0.2) is 42.5 Å². The number of rotatable bonds is 4. The molecule has 9 nitrogen and oxygen atoms in total. The van der Waals surface area contributed by atoms with E-state index >= 15 is 0 Å². The molecule has 1 aliphatic carbocycles. The third kappa shape index (κ3) is 4.83. The fourth-order valence-electron chi connectivity index (χ4n) is 3.19. The highest BCUT2D eigenvalue weighted by atomic mass is 16.4. The number of hydrogen-bond acceptors (Lipinski definition) is 5. The van der Waals surface area contributed by atoms with Crippen molar-refractivity contribution in [2.75, 3.05) is 32.5 Å². The Kier molecular flexibility index (Phi) is 5.85. The fourth-order valence-corrected chi connectivity index (χ4v) is 3.19. The van der Waals surface area contributed by atoms with E-state index in [1.54, 1.807) is 22.7 Å². The summed E-state index contributed by atoms with van der Waals surface area (Å²) >= 11 is 0. The highest BCUT2D eigenvalue weighted by Gasteiger charge is 2.32. The van der Waals surface area contributed by atoms with Crippen molar-refractivity contribution in [1.29, 1.82) is 0 Å². The molecule has 1 saturated carbocycles. The molecule has 162 valence electrons. The summed E-state index contributed by atoms with van der Waals surface area (Å²) in [5, 5.41) is 15.2. The number of anilines is 1. The number of carbonyl (C=O) groups excluding carboxylic acids is 1. The van der Waals surface area contributed by atoms with E-state index in [9.17, 15) is 9.59 Å². The molecule has 1 aliphatic heterocycles. The van der Waals surface area contributed by atoms with E-state index in [0.29, 0.717) is 17.3 Å². The Balaban J connectivity index is 0.000000710. The average Bonchev–Trinajstić information content (AvgIpc) is 3.52. The molecular formula is C22H26N6O3. The molecule has 31 heavy (non-hydrogen) atoms. The number of benzene rings is 1. The number of amides is 2. The summed E-state index contributed by atoms with van der Waals surface area (Å²) in [5.74, 6) is 0.0385. The number of carboxylic acid groups (broad SMARTS) is 1. The zero-order chi connectivity index (χ0) is 22.0. The highest BCUT2D eigenvalue weighted by molar-refractivity contribution is 5.95. The summed E-state index contributed by atoms with van der Waals surface area (Å²) in [6, 6.07) is 13.2. The molecule has 1 aromatic carbocycles. The van der Waals surface area contributed by atoms with Gasteiger partial charge in [0, 0.05) is 30.3 Å². The van der Waals surface area contributed by atoms with Crippen LogP contribution in [0.3, 0.4) is 0 Å². The standard InChI is InChI=1S/C19H20N6O3.C3H6/c1-23(2)14-10-24(11-14)17(26)13-8-6-12(7-9-13)15-4-3-5-16-20-18(21-19(27)28)22-25(15)16;1-2-3-1/h3-9,14H,10-11H2,1-2H3,(H,21,22)(H,27,28);1-3H2. The molecule has 2 amide bonds. The second-order valence-corrected chi connectivity index (χ2v) is 8.01. The lowest BCUT2D eigenvalue weighted by Gasteiger charge is -2.42. The van der Waals surface area contributed by atoms with Crippen molar-refractivity contribution in [3.63, 3.8) is 0 Å². The topological polar surface area (TPSA) is 103 Å². The third-order valence-electron chi connectivity index (χ3n) is 5.24. The summed E-state index contributed by atoms with van der Waals surface area (Å²) in [6.07, 6.45) is 3.28. The number of pyridine rings is 1. The van der Waals surface area contributed by atoms with Crippen molar-refractivity contribution in [2.45, 2.75) is 25.3 Å². The number of aromatic nitrogens is 3. The SMILES string of the molecule is C1CC1.CN(C)C1CN(C(=O)c2ccc(-c3cccc4nc(NC(=O)O)nn34)cc2)C1. The van der Waals surface area contributed by atoms with Crippen LogP contribution in [0.25, 0.3) is 16.9 Å². The van der Waals surface area contributed by atoms with Gasteiger partial charge in [0.25, 0.3) is 11.9 Å². The van der Waals surface area contributed by atoms with Crippen molar-refractivity contribution in [1.82, 2.24) is 24.4 Å². The molecule has 0 radical (unpaired) electrons. The molecule has 0 bridgehead atoms. The second-order valence-electron chi connectivity index (χ2n) is 8.01. The molecule has 5 rings (SSSR count). The predicted molar refractivity (Wildman–Crippen MR) is 117 cm³/mol. The predicted octanol–water partition coefficient (Wildman–Crippen LogP) is 3.04. The Morgan fingerprint density at radius 1 is 1.06 bits per heavy atom. The van der Waals surface area contributed by atoms with Crippen LogP contribution in [0.5, 0.6) is 0 Å². The maximum absolute atomic E-state index is 12.6. The van der Waals surface area contributed by atoms with Gasteiger partial charge in [0.2, 0.25) is 0 Å². The van der Waals surface area contributed by atoms with Crippen molar-refractivity contribution in [3.05, 3.63) is 48.0 Å². The molecule has 0 atom stereocenters. The molecule has 9 heteroatoms. The van der Waals surface area contributed by atoms with Gasteiger partial charge in [-0.15, -0.1) is 5.10 Å². The monoisotopic (exact) mass is 422 g/mol. The molecule has 2 aliphatic rings. The van der Waals surface area contributed by atoms with Crippen molar-refractivity contribution < 1.29 is 14.7 Å². The van der Waals surface area contributed by atoms with Gasteiger partial charge in [-0.3, -0.25) is 10.1 Å². The van der Waals surface area contributed by atoms with Crippen LogP contribution in [-0.2, 0) is 0 Å². The van der Waals surface area contributed by atoms with E-state index < -0.39 is 6.09 Å². The van der Waals surface area contributed by atoms with Gasteiger partial charge in [-0.25, -0.2) is 9.31 Å². The van der Waals surface area contributed by atoms with Crippen LogP contribution in [0.2, 0.25) is 0 Å². The Morgan fingerprint density at radius 2 is 1.74 bits per heavy atom. The van der Waals surface area contributed by atoms with Crippen molar-refractivity contribution >= 4 is 23.6 Å². The van der Waals surface area contributed by atoms with Crippen LogP contribution in [0.1, 0.15) is 29.6 Å². The van der Waals surface area contributed by atoms with Gasteiger partial charge in [-0.2, -0.15) is 4.98 Å². The summed E-state index contributed by atoms with van der Waals surface area (Å²) in [6.45, 7) is 1.48. The lowest BCUT2D eigenvalue weighted by atomic mass is 10.0. The van der Waals surface area contributed by atoms with E-state index in [0.717, 1.165) is 24.3 Å². The van der Waals surface area contributed by atoms with Crippen LogP contribution >= 0.6 is 0 Å². The summed E-state index contributed by atoms with van der Waals surface area (Å²) in [5.41, 5.74) is 2.76. The van der Waals surface area contributed by atoms with Gasteiger partial charge in [-0.05, 0) is 38.4 Å². The zero-order valence-corrected chi connectivity index (χ0v) is 17.7. The number of likely N-dealkylation sites (N-methyl/N-ethyl adjacent to an activating group) is 1. The van der Waals surface area contributed by atoms with Crippen molar-refractivity contribution in [2.24, 2.45) is 0 Å². The van der Waals surface area contributed by atoms with E-state index in [-0.39, 0.29) is 11.9 Å². The molecule has 3 heterocycles. The molecular weight excluding hydrogens is 396 g/mol. The molecule has 1 saturated heterocycles. The molecule has 0 spiro atoms. The minimum Gasteiger partial charge on any atom is -0.465 e. The Morgan fingerprint density at radius 3 is 2.32 bits per heavy atom. The Labute approximate surface area is 180 Å². The fraction of sp³-hybridized carbons (Fsp3) is 0.364. The average molecular weight is 422 g/mol. The Hall–Kier alpha value is -3.46. The van der Waals surface area contributed by atoms with Crippen LogP contribution in [-0.4, -0.2) is 74.7 Å². The lowest BCUT2D eigenvalue weighted by Crippen LogP contribution is -2.59. The molecule has 2 fully saturated rings. The number of hydrogen-bond donors (Lipinski definition) is 2. The maximum Gasteiger partial charge on any atom is 0.411 e. The minimum atomic E-state index is -1.22. The summed E-state index contributed by atoms with van der Waals surface area (Å²) in [7, 11) is 4.03. The number of nitrogens with one attached hydrogen (secondary N) is 1. The third-order valence-corrected chi connectivity index (χ3v) is 5.24. The van der Waals surface area contributed by atoms with Crippen LogP contribution in [0, 0.1) is 0 Å². The number of likely N-dealkylation sites (tertiary alicyclic amines) is 1. The van der Waals surface area contributed by atoms with Gasteiger partial charge in [-0.1, -0.05) is 37.5 Å². The smallest absolute Gasteiger partial charge is 0.411 e. The van der Waals surface area contributed by atoms with Crippen molar-refractivity contribution in [3.8, 4) is 11.3 Å². The largest absolute Gasteiger partial charge is 0.465 e. The van der Waals surface area contributed by atoms with E-state index in [2.05, 4.69) is 20.3 Å². The van der Waals surface area contributed by atoms with Crippen LogP contribution < -0.4 is 5.32 Å². The first-order valence-electron chi connectivity index (χ1n) is 10.3. The molecule has 3 aromatic rings. The molecule has 0 unspecified atom stereocenters. The number of carbonyl (C=O) groups is 2. The van der Waals surface area contributed by atoms with Crippen LogP contribution in [0.4, 0.5) is 10.7 Å². The van der Waals surface area contributed by atoms with E-state index in [1.807, 2.05) is 43.3 Å². The second kappa shape index (κ2) is 8.73. The Bertz CT molecular complexity index is 1080. The summed E-state index contributed by atoms with van der Waals surface area (Å²) in [4.78, 5) is 31.5. The van der Waals surface area contributed by atoms with E-state index in [4.69, 9.17) is 5.11 Å². The number of fused-ring (bicyclic) bond motifs is 1. The van der Waals surface area contributed by atoms with Gasteiger partial charge in [0.05, 0.1) is 5.69 Å². The quantitative estimate of drug-likeness (QED) is 0.670.